The van der Waals surface area contributed by atoms with Crippen molar-refractivity contribution in [1.82, 2.24) is 14.9 Å². The summed E-state index contributed by atoms with van der Waals surface area (Å²) in [5.41, 5.74) is 2.40. The number of hydrogen-bond donors (Lipinski definition) is 1. The van der Waals surface area contributed by atoms with Crippen LogP contribution in [-0.4, -0.2) is 35.7 Å². The highest BCUT2D eigenvalue weighted by atomic mass is 32.2. The molecule has 8 heteroatoms. The van der Waals surface area contributed by atoms with E-state index in [1.54, 1.807) is 43.1 Å². The van der Waals surface area contributed by atoms with Crippen molar-refractivity contribution in [2.75, 3.05) is 14.2 Å². The maximum absolute atomic E-state index is 13.7. The normalized spacial score (nSPS) is 11.0. The molecule has 180 valence electrons. The minimum Gasteiger partial charge on any atom is -0.497 e. The zero-order valence-electron chi connectivity index (χ0n) is 20.1. The molecule has 3 aromatic carbocycles. The highest BCUT2D eigenvalue weighted by Crippen LogP contribution is 2.27. The Morgan fingerprint density at radius 3 is 2.43 bits per heavy atom. The summed E-state index contributed by atoms with van der Waals surface area (Å²) >= 11 is 1.44. The first-order valence-electron chi connectivity index (χ1n) is 11.2. The molecular formula is C27H27N3O4S. The molecule has 1 amide bonds. The largest absolute Gasteiger partial charge is 0.497 e. The molecule has 0 aliphatic carbocycles. The summed E-state index contributed by atoms with van der Waals surface area (Å²) in [6.07, 6.45) is 0. The second-order valence-corrected chi connectivity index (χ2v) is 9.18. The van der Waals surface area contributed by atoms with E-state index in [0.29, 0.717) is 38.8 Å². The van der Waals surface area contributed by atoms with Crippen molar-refractivity contribution >= 4 is 28.6 Å². The molecule has 4 aromatic rings. The average Bonchev–Trinajstić information content (AvgIpc) is 2.87. The molecule has 0 radical (unpaired) electrons. The highest BCUT2D eigenvalue weighted by molar-refractivity contribution is 7.98. The second-order valence-electron chi connectivity index (χ2n) is 8.24. The Morgan fingerprint density at radius 1 is 1.00 bits per heavy atom. The molecule has 1 aromatic heterocycles. The molecule has 35 heavy (non-hydrogen) atoms. The number of methoxy groups -OCH3 is 2. The molecule has 7 nitrogen and oxygen atoms in total. The molecular weight excluding hydrogens is 462 g/mol. The van der Waals surface area contributed by atoms with Crippen LogP contribution in [0.15, 0.2) is 76.7 Å². The SMILES string of the molecule is COc1cccc(CSc2nc3cc(C(=O)NC(C)C)ccc3c(=O)n2-c2cccc(OC)c2)c1. The third kappa shape index (κ3) is 5.49. The van der Waals surface area contributed by atoms with Gasteiger partial charge in [-0.05, 0) is 61.9 Å². The van der Waals surface area contributed by atoms with Gasteiger partial charge >= 0.3 is 0 Å². The van der Waals surface area contributed by atoms with Gasteiger partial charge in [-0.15, -0.1) is 0 Å². The lowest BCUT2D eigenvalue weighted by molar-refractivity contribution is 0.0943. The van der Waals surface area contributed by atoms with Crippen LogP contribution in [0.4, 0.5) is 0 Å². The third-order valence-electron chi connectivity index (χ3n) is 5.33. The summed E-state index contributed by atoms with van der Waals surface area (Å²) < 4.78 is 12.3. The molecule has 1 heterocycles. The Labute approximate surface area is 208 Å². The average molecular weight is 490 g/mol. The maximum Gasteiger partial charge on any atom is 0.266 e. The molecule has 0 aliphatic heterocycles. The van der Waals surface area contributed by atoms with Gasteiger partial charge in [0, 0.05) is 23.4 Å². The van der Waals surface area contributed by atoms with Gasteiger partial charge in [0.1, 0.15) is 11.5 Å². The van der Waals surface area contributed by atoms with E-state index >= 15 is 0 Å². The van der Waals surface area contributed by atoms with Gasteiger partial charge in [0.25, 0.3) is 11.5 Å². The van der Waals surface area contributed by atoms with E-state index < -0.39 is 0 Å². The van der Waals surface area contributed by atoms with Crippen molar-refractivity contribution in [1.29, 1.82) is 0 Å². The molecule has 0 fully saturated rings. The first kappa shape index (κ1) is 24.3. The van der Waals surface area contributed by atoms with Crippen molar-refractivity contribution in [2.24, 2.45) is 0 Å². The number of hydrogen-bond acceptors (Lipinski definition) is 6. The zero-order valence-corrected chi connectivity index (χ0v) is 20.9. The molecule has 0 saturated heterocycles. The van der Waals surface area contributed by atoms with E-state index in [1.165, 1.54) is 11.8 Å². The van der Waals surface area contributed by atoms with Gasteiger partial charge in [0.05, 0.1) is 30.8 Å². The summed E-state index contributed by atoms with van der Waals surface area (Å²) in [7, 11) is 3.22. The highest BCUT2D eigenvalue weighted by Gasteiger charge is 2.16. The van der Waals surface area contributed by atoms with E-state index in [1.807, 2.05) is 56.3 Å². The number of amides is 1. The summed E-state index contributed by atoms with van der Waals surface area (Å²) in [5, 5.41) is 3.82. The fourth-order valence-electron chi connectivity index (χ4n) is 3.64. The molecule has 0 unspecified atom stereocenters. The van der Waals surface area contributed by atoms with Crippen molar-refractivity contribution in [2.45, 2.75) is 30.8 Å². The predicted molar refractivity (Wildman–Crippen MR) is 139 cm³/mol. The predicted octanol–water partition coefficient (Wildman–Crippen LogP) is 4.83. The standard InChI is InChI=1S/C27H27N3O4S/c1-17(2)28-25(31)19-11-12-23-24(14-19)29-27(35-16-18-7-5-9-21(13-18)33-3)30(26(23)32)20-8-6-10-22(15-20)34-4/h5-15,17H,16H2,1-4H3,(H,28,31). The van der Waals surface area contributed by atoms with Crippen LogP contribution >= 0.6 is 11.8 Å². The molecule has 0 atom stereocenters. The van der Waals surface area contributed by atoms with Gasteiger partial charge in [-0.1, -0.05) is 30.0 Å². The monoisotopic (exact) mass is 489 g/mol. The van der Waals surface area contributed by atoms with Gasteiger partial charge in [-0.2, -0.15) is 0 Å². The molecule has 0 bridgehead atoms. The number of fused-ring (bicyclic) bond motifs is 1. The molecule has 0 saturated carbocycles. The van der Waals surface area contributed by atoms with Gasteiger partial charge in [-0.3, -0.25) is 14.2 Å². The van der Waals surface area contributed by atoms with Gasteiger partial charge in [0.2, 0.25) is 0 Å². The number of carbonyl (C=O) groups excluding carboxylic acids is 1. The fourth-order valence-corrected chi connectivity index (χ4v) is 4.59. The Hall–Kier alpha value is -3.78. The van der Waals surface area contributed by atoms with Crippen molar-refractivity contribution in [3.8, 4) is 17.2 Å². The smallest absolute Gasteiger partial charge is 0.266 e. The summed E-state index contributed by atoms with van der Waals surface area (Å²) in [6, 6.07) is 20.1. The quantitative estimate of drug-likeness (QED) is 0.282. The van der Waals surface area contributed by atoms with E-state index in [9.17, 15) is 9.59 Å². The van der Waals surface area contributed by atoms with Crippen LogP contribution in [-0.2, 0) is 5.75 Å². The van der Waals surface area contributed by atoms with Crippen LogP contribution < -0.4 is 20.3 Å². The molecule has 0 spiro atoms. The molecule has 0 aliphatic rings. The summed E-state index contributed by atoms with van der Waals surface area (Å²) in [5.74, 6) is 1.78. The van der Waals surface area contributed by atoms with Gasteiger partial charge in [0.15, 0.2) is 5.16 Å². The molecule has 1 N–H and O–H groups in total. The van der Waals surface area contributed by atoms with Crippen LogP contribution in [0, 0.1) is 0 Å². The first-order valence-corrected chi connectivity index (χ1v) is 12.2. The van der Waals surface area contributed by atoms with Crippen molar-refractivity contribution in [3.63, 3.8) is 0 Å². The zero-order chi connectivity index (χ0) is 24.9. The van der Waals surface area contributed by atoms with Crippen molar-refractivity contribution in [3.05, 3.63) is 88.2 Å². The van der Waals surface area contributed by atoms with Crippen molar-refractivity contribution < 1.29 is 14.3 Å². The van der Waals surface area contributed by atoms with Crippen LogP contribution in [0.3, 0.4) is 0 Å². The number of ether oxygens (including phenoxy) is 2. The van der Waals surface area contributed by atoms with Gasteiger partial charge < -0.3 is 14.8 Å². The maximum atomic E-state index is 13.7. The topological polar surface area (TPSA) is 82.5 Å². The van der Waals surface area contributed by atoms with Crippen LogP contribution in [0.5, 0.6) is 11.5 Å². The Morgan fingerprint density at radius 2 is 1.71 bits per heavy atom. The first-order chi connectivity index (χ1) is 16.9. The van der Waals surface area contributed by atoms with Crippen LogP contribution in [0.25, 0.3) is 16.6 Å². The summed E-state index contributed by atoms with van der Waals surface area (Å²) in [6.45, 7) is 3.80. The number of nitrogens with one attached hydrogen (secondary N) is 1. The van der Waals surface area contributed by atoms with E-state index in [2.05, 4.69) is 5.32 Å². The number of rotatable bonds is 8. The number of thioether (sulfide) groups is 1. The van der Waals surface area contributed by atoms with E-state index in [-0.39, 0.29) is 17.5 Å². The lowest BCUT2D eigenvalue weighted by Gasteiger charge is -2.15. The fraction of sp³-hybridized carbons (Fsp3) is 0.222. The Balaban J connectivity index is 1.83. The van der Waals surface area contributed by atoms with Gasteiger partial charge in [-0.25, -0.2) is 4.98 Å². The number of benzene rings is 3. The second kappa shape index (κ2) is 10.7. The minimum absolute atomic E-state index is 0.00111. The molecule has 4 rings (SSSR count). The third-order valence-corrected chi connectivity index (χ3v) is 6.34. The minimum atomic E-state index is -0.216. The Bertz CT molecular complexity index is 1430. The van der Waals surface area contributed by atoms with E-state index in [4.69, 9.17) is 14.5 Å². The Kier molecular flexibility index (Phi) is 7.41. The lowest BCUT2D eigenvalue weighted by atomic mass is 10.1. The van der Waals surface area contributed by atoms with Crippen LogP contribution in [0.2, 0.25) is 0 Å². The number of carbonyl (C=O) groups is 1. The summed E-state index contributed by atoms with van der Waals surface area (Å²) in [4.78, 5) is 31.0. The number of nitrogens with zero attached hydrogens (tertiary/aromatic N) is 2. The lowest BCUT2D eigenvalue weighted by Crippen LogP contribution is -2.30. The van der Waals surface area contributed by atoms with E-state index in [0.717, 1.165) is 11.3 Å². The number of aromatic nitrogens is 2. The van der Waals surface area contributed by atoms with Crippen LogP contribution in [0.1, 0.15) is 29.8 Å².